The van der Waals surface area contributed by atoms with Crippen molar-refractivity contribution >= 4 is 17.7 Å². The van der Waals surface area contributed by atoms with E-state index in [1.807, 2.05) is 49.4 Å². The molecule has 3 rings (SSSR count). The van der Waals surface area contributed by atoms with E-state index < -0.39 is 0 Å². The summed E-state index contributed by atoms with van der Waals surface area (Å²) in [5.74, 6) is 3.50. The minimum absolute atomic E-state index is 0.173. The van der Waals surface area contributed by atoms with Gasteiger partial charge in [0.2, 0.25) is 5.89 Å². The highest BCUT2D eigenvalue weighted by Crippen LogP contribution is 2.22. The zero-order chi connectivity index (χ0) is 21.2. The van der Waals surface area contributed by atoms with Crippen molar-refractivity contribution in [3.63, 3.8) is 0 Å². The van der Waals surface area contributed by atoms with Crippen LogP contribution in [0.3, 0.4) is 0 Å². The second-order valence-corrected chi connectivity index (χ2v) is 7.97. The Morgan fingerprint density at radius 3 is 2.73 bits per heavy atom. The summed E-state index contributed by atoms with van der Waals surface area (Å²) in [7, 11) is 1.42. The summed E-state index contributed by atoms with van der Waals surface area (Å²) in [4.78, 5) is 15.7. The average molecular weight is 426 g/mol. The number of carbonyl (C=O) groups is 1. The van der Waals surface area contributed by atoms with Crippen molar-refractivity contribution in [3.8, 4) is 17.2 Å². The molecule has 0 amide bonds. The predicted molar refractivity (Wildman–Crippen MR) is 120 cm³/mol. The number of nitrogens with zero attached hydrogens (tertiary/aromatic N) is 1. The van der Waals surface area contributed by atoms with Crippen LogP contribution in [-0.2, 0) is 22.4 Å². The highest BCUT2D eigenvalue weighted by Gasteiger charge is 2.11. The fourth-order valence-corrected chi connectivity index (χ4v) is 3.79. The van der Waals surface area contributed by atoms with Crippen LogP contribution in [-0.4, -0.2) is 36.2 Å². The molecule has 0 bridgehead atoms. The van der Waals surface area contributed by atoms with E-state index in [1.165, 1.54) is 12.7 Å². The average Bonchev–Trinajstić information content (AvgIpc) is 3.15. The first-order valence-corrected chi connectivity index (χ1v) is 11.2. The quantitative estimate of drug-likeness (QED) is 0.314. The molecule has 0 spiro atoms. The Kier molecular flexibility index (Phi) is 8.39. The van der Waals surface area contributed by atoms with Gasteiger partial charge >= 0.3 is 5.97 Å². The second-order valence-electron chi connectivity index (χ2n) is 6.87. The molecule has 1 heterocycles. The Labute approximate surface area is 181 Å². The zero-order valence-corrected chi connectivity index (χ0v) is 18.2. The van der Waals surface area contributed by atoms with Crippen molar-refractivity contribution in [1.29, 1.82) is 0 Å². The molecule has 0 radical (unpaired) electrons. The predicted octanol–water partition coefficient (Wildman–Crippen LogP) is 5.11. The largest absolute Gasteiger partial charge is 0.493 e. The van der Waals surface area contributed by atoms with Crippen LogP contribution in [0.5, 0.6) is 5.75 Å². The number of aromatic nitrogens is 1. The molecule has 0 aliphatic heterocycles. The number of ether oxygens (including phenoxy) is 2. The van der Waals surface area contributed by atoms with Crippen molar-refractivity contribution in [1.82, 2.24) is 4.98 Å². The normalized spacial score (nSPS) is 10.7. The Bertz CT molecular complexity index is 939. The van der Waals surface area contributed by atoms with Crippen LogP contribution < -0.4 is 4.74 Å². The number of hydrogen-bond donors (Lipinski definition) is 0. The monoisotopic (exact) mass is 425 g/mol. The van der Waals surface area contributed by atoms with E-state index in [9.17, 15) is 4.79 Å². The molecule has 158 valence electrons. The standard InChI is InChI=1S/C24H27NO4S/c1-18-22(25-24(29-18)20-10-4-3-5-11-20)13-14-28-21-12-6-8-19(16-21)9-7-15-30-17-23(26)27-2/h3-6,8,10-12,16H,7,9,13-15,17H2,1-2H3. The van der Waals surface area contributed by atoms with Gasteiger partial charge < -0.3 is 13.9 Å². The number of oxazole rings is 1. The van der Waals surface area contributed by atoms with Gasteiger partial charge in [-0.15, -0.1) is 0 Å². The number of thioether (sulfide) groups is 1. The van der Waals surface area contributed by atoms with Crippen molar-refractivity contribution in [2.45, 2.75) is 26.2 Å². The molecule has 0 N–H and O–H groups in total. The van der Waals surface area contributed by atoms with E-state index in [2.05, 4.69) is 21.9 Å². The van der Waals surface area contributed by atoms with Gasteiger partial charge in [-0.05, 0) is 55.3 Å². The van der Waals surface area contributed by atoms with Gasteiger partial charge in [-0.25, -0.2) is 4.98 Å². The van der Waals surface area contributed by atoms with Crippen molar-refractivity contribution in [2.24, 2.45) is 0 Å². The molecule has 0 aliphatic carbocycles. The topological polar surface area (TPSA) is 61.6 Å². The van der Waals surface area contributed by atoms with Crippen molar-refractivity contribution < 1.29 is 18.7 Å². The molecular formula is C24H27NO4S. The Balaban J connectivity index is 1.45. The van der Waals surface area contributed by atoms with Crippen LogP contribution in [0.1, 0.15) is 23.4 Å². The molecule has 0 saturated carbocycles. The maximum absolute atomic E-state index is 11.1. The van der Waals surface area contributed by atoms with E-state index in [-0.39, 0.29) is 5.97 Å². The molecule has 3 aromatic rings. The van der Waals surface area contributed by atoms with Gasteiger partial charge in [-0.1, -0.05) is 30.3 Å². The van der Waals surface area contributed by atoms with E-state index in [0.29, 0.717) is 24.7 Å². The fourth-order valence-electron chi connectivity index (χ4n) is 3.01. The number of carbonyl (C=O) groups excluding carboxylic acids is 1. The Morgan fingerprint density at radius 2 is 1.93 bits per heavy atom. The maximum Gasteiger partial charge on any atom is 0.315 e. The molecule has 0 fully saturated rings. The smallest absolute Gasteiger partial charge is 0.315 e. The minimum Gasteiger partial charge on any atom is -0.493 e. The first kappa shape index (κ1) is 22.0. The van der Waals surface area contributed by atoms with Crippen LogP contribution in [0.25, 0.3) is 11.5 Å². The molecule has 2 aromatic carbocycles. The van der Waals surface area contributed by atoms with Crippen LogP contribution >= 0.6 is 11.8 Å². The van der Waals surface area contributed by atoms with Gasteiger partial charge in [0.25, 0.3) is 0 Å². The third-order valence-electron chi connectivity index (χ3n) is 4.62. The van der Waals surface area contributed by atoms with E-state index in [4.69, 9.17) is 9.15 Å². The Hall–Kier alpha value is -2.73. The number of rotatable bonds is 11. The van der Waals surface area contributed by atoms with Gasteiger partial charge in [0.15, 0.2) is 0 Å². The van der Waals surface area contributed by atoms with Crippen LogP contribution in [0.2, 0.25) is 0 Å². The molecule has 0 atom stereocenters. The first-order chi connectivity index (χ1) is 14.7. The lowest BCUT2D eigenvalue weighted by molar-refractivity contribution is -0.137. The summed E-state index contributed by atoms with van der Waals surface area (Å²) >= 11 is 1.60. The number of methoxy groups -OCH3 is 1. The molecule has 0 saturated heterocycles. The number of benzene rings is 2. The number of hydrogen-bond acceptors (Lipinski definition) is 6. The summed E-state index contributed by atoms with van der Waals surface area (Å²) in [6.45, 7) is 2.48. The van der Waals surface area contributed by atoms with E-state index >= 15 is 0 Å². The molecule has 30 heavy (non-hydrogen) atoms. The molecule has 6 heteroatoms. The minimum atomic E-state index is -0.173. The lowest BCUT2D eigenvalue weighted by Gasteiger charge is -2.08. The van der Waals surface area contributed by atoms with Gasteiger partial charge in [0, 0.05) is 12.0 Å². The second kappa shape index (κ2) is 11.5. The highest BCUT2D eigenvalue weighted by atomic mass is 32.2. The summed E-state index contributed by atoms with van der Waals surface area (Å²) < 4.78 is 16.4. The lowest BCUT2D eigenvalue weighted by atomic mass is 10.1. The van der Waals surface area contributed by atoms with Gasteiger partial charge in [-0.2, -0.15) is 11.8 Å². The Morgan fingerprint density at radius 1 is 1.10 bits per heavy atom. The molecule has 1 aromatic heterocycles. The summed E-state index contributed by atoms with van der Waals surface area (Å²) in [6, 6.07) is 18.1. The number of esters is 1. The van der Waals surface area contributed by atoms with E-state index in [0.717, 1.165) is 41.4 Å². The molecular weight excluding hydrogens is 398 g/mol. The van der Waals surface area contributed by atoms with Crippen LogP contribution in [0.4, 0.5) is 0 Å². The highest BCUT2D eigenvalue weighted by molar-refractivity contribution is 7.99. The van der Waals surface area contributed by atoms with Gasteiger partial charge in [-0.3, -0.25) is 4.79 Å². The SMILES string of the molecule is COC(=O)CSCCCc1cccc(OCCc2nc(-c3ccccc3)oc2C)c1. The zero-order valence-electron chi connectivity index (χ0n) is 17.4. The van der Waals surface area contributed by atoms with Gasteiger partial charge in [0.1, 0.15) is 11.5 Å². The summed E-state index contributed by atoms with van der Waals surface area (Å²) in [5, 5.41) is 0. The van der Waals surface area contributed by atoms with Gasteiger partial charge in [0.05, 0.1) is 25.2 Å². The maximum atomic E-state index is 11.1. The third-order valence-corrected chi connectivity index (χ3v) is 5.64. The lowest BCUT2D eigenvalue weighted by Crippen LogP contribution is -2.04. The summed E-state index contributed by atoms with van der Waals surface area (Å²) in [6.07, 6.45) is 2.65. The van der Waals surface area contributed by atoms with Crippen LogP contribution in [0, 0.1) is 6.92 Å². The summed E-state index contributed by atoms with van der Waals surface area (Å²) in [5.41, 5.74) is 3.13. The molecule has 5 nitrogen and oxygen atoms in total. The van der Waals surface area contributed by atoms with Crippen molar-refractivity contribution in [3.05, 3.63) is 71.6 Å². The number of aryl methyl sites for hydroxylation is 2. The molecule has 0 aliphatic rings. The van der Waals surface area contributed by atoms with Crippen LogP contribution in [0.15, 0.2) is 59.0 Å². The van der Waals surface area contributed by atoms with E-state index in [1.54, 1.807) is 11.8 Å². The molecule has 0 unspecified atom stereocenters. The van der Waals surface area contributed by atoms with Crippen molar-refractivity contribution in [2.75, 3.05) is 25.2 Å². The first-order valence-electron chi connectivity index (χ1n) is 10.0. The third kappa shape index (κ3) is 6.66. The fraction of sp³-hybridized carbons (Fsp3) is 0.333.